The van der Waals surface area contributed by atoms with E-state index >= 15 is 0 Å². The van der Waals surface area contributed by atoms with Gasteiger partial charge < -0.3 is 30.2 Å². The highest BCUT2D eigenvalue weighted by Gasteiger charge is 2.40. The van der Waals surface area contributed by atoms with Crippen molar-refractivity contribution < 1.29 is 14.9 Å². The number of aromatic nitrogens is 2. The number of methoxy groups -OCH3 is 1. The minimum Gasteiger partial charge on any atom is -0.509 e. The standard InChI is InChI=1S/C26H25N5O3/c1-34-19-14-17(13-18(32)15-19)31-22(11-12-28-16-7-3-2-4-8-16)24(33)23(25(31)27)26-29-20-9-5-6-10-21(20)30-26/h2-10,13-15,22,27-28,32-33H,11-12H2,1H3,(H,29,30). The first-order valence-corrected chi connectivity index (χ1v) is 11.0. The Morgan fingerprint density at radius 2 is 1.82 bits per heavy atom. The number of hydrogen-bond acceptors (Lipinski definition) is 6. The lowest BCUT2D eigenvalue weighted by atomic mass is 10.1. The molecule has 0 aliphatic carbocycles. The van der Waals surface area contributed by atoms with E-state index in [2.05, 4.69) is 15.3 Å². The second-order valence-corrected chi connectivity index (χ2v) is 8.07. The zero-order valence-electron chi connectivity index (χ0n) is 18.6. The molecular formula is C26H25N5O3. The Balaban J connectivity index is 1.52. The topological polar surface area (TPSA) is 117 Å². The number of aliphatic hydroxyl groups is 1. The van der Waals surface area contributed by atoms with Crippen molar-refractivity contribution in [3.05, 3.63) is 84.4 Å². The van der Waals surface area contributed by atoms with Crippen LogP contribution in [-0.4, -0.2) is 45.7 Å². The average molecular weight is 456 g/mol. The normalized spacial score (nSPS) is 15.9. The van der Waals surface area contributed by atoms with Crippen LogP contribution in [-0.2, 0) is 0 Å². The first kappa shape index (κ1) is 21.4. The molecule has 0 saturated carbocycles. The molecule has 2 heterocycles. The van der Waals surface area contributed by atoms with Crippen LogP contribution < -0.4 is 15.0 Å². The van der Waals surface area contributed by atoms with E-state index in [0.717, 1.165) is 16.7 Å². The zero-order chi connectivity index (χ0) is 23.7. The van der Waals surface area contributed by atoms with Crippen molar-refractivity contribution in [2.24, 2.45) is 0 Å². The molecule has 1 atom stereocenters. The Labute approximate surface area is 196 Å². The van der Waals surface area contributed by atoms with E-state index in [1.807, 2.05) is 54.6 Å². The molecule has 0 amide bonds. The maximum atomic E-state index is 11.3. The molecule has 172 valence electrons. The third-order valence-corrected chi connectivity index (χ3v) is 5.90. The van der Waals surface area contributed by atoms with Crippen LogP contribution in [0.15, 0.2) is 78.6 Å². The van der Waals surface area contributed by atoms with Gasteiger partial charge in [-0.3, -0.25) is 5.41 Å². The van der Waals surface area contributed by atoms with Gasteiger partial charge in [-0.25, -0.2) is 4.98 Å². The summed E-state index contributed by atoms with van der Waals surface area (Å²) < 4.78 is 5.32. The highest BCUT2D eigenvalue weighted by atomic mass is 16.5. The highest BCUT2D eigenvalue weighted by molar-refractivity contribution is 6.31. The molecule has 0 radical (unpaired) electrons. The minimum atomic E-state index is -0.529. The lowest BCUT2D eigenvalue weighted by Crippen LogP contribution is -2.36. The molecular weight excluding hydrogens is 430 g/mol. The van der Waals surface area contributed by atoms with E-state index in [1.54, 1.807) is 17.0 Å². The number of nitrogens with one attached hydrogen (secondary N) is 3. The van der Waals surface area contributed by atoms with E-state index in [-0.39, 0.29) is 17.3 Å². The van der Waals surface area contributed by atoms with Gasteiger partial charge in [0.2, 0.25) is 0 Å². The van der Waals surface area contributed by atoms with Gasteiger partial charge in [-0.15, -0.1) is 0 Å². The zero-order valence-corrected chi connectivity index (χ0v) is 18.6. The number of hydrogen-bond donors (Lipinski definition) is 5. The van der Waals surface area contributed by atoms with Gasteiger partial charge in [0.1, 0.15) is 28.9 Å². The Morgan fingerprint density at radius 3 is 2.59 bits per heavy atom. The Kier molecular flexibility index (Phi) is 5.55. The summed E-state index contributed by atoms with van der Waals surface area (Å²) in [6, 6.07) is 21.7. The number of para-hydroxylation sites is 3. The van der Waals surface area contributed by atoms with Crippen LogP contribution in [0.5, 0.6) is 11.5 Å². The van der Waals surface area contributed by atoms with Crippen molar-refractivity contribution in [1.82, 2.24) is 9.97 Å². The number of phenolic OH excluding ortho intramolecular Hbond substituents is 1. The van der Waals surface area contributed by atoms with Crippen molar-refractivity contribution in [2.75, 3.05) is 23.9 Å². The molecule has 5 rings (SSSR count). The molecule has 0 fully saturated rings. The van der Waals surface area contributed by atoms with Crippen LogP contribution in [0.2, 0.25) is 0 Å². The molecule has 8 heteroatoms. The highest BCUT2D eigenvalue weighted by Crippen LogP contribution is 2.39. The van der Waals surface area contributed by atoms with E-state index in [1.165, 1.54) is 13.2 Å². The fourth-order valence-electron chi connectivity index (χ4n) is 4.30. The van der Waals surface area contributed by atoms with Crippen LogP contribution in [0.1, 0.15) is 12.2 Å². The Hall–Kier alpha value is -4.46. The van der Waals surface area contributed by atoms with Gasteiger partial charge in [0.25, 0.3) is 0 Å². The SMILES string of the molecule is COc1cc(O)cc(N2C(=N)C(c3nc4ccccc4[nH]3)=C(O)C2CCNc2ccccc2)c1. The maximum Gasteiger partial charge on any atom is 0.145 e. The Morgan fingerprint density at radius 1 is 1.06 bits per heavy atom. The predicted octanol–water partition coefficient (Wildman–Crippen LogP) is 4.91. The monoisotopic (exact) mass is 455 g/mol. The molecule has 4 aromatic rings. The van der Waals surface area contributed by atoms with Gasteiger partial charge in [0.15, 0.2) is 0 Å². The fourth-order valence-corrected chi connectivity index (χ4v) is 4.30. The van der Waals surface area contributed by atoms with Gasteiger partial charge in [-0.05, 0) is 30.7 Å². The molecule has 3 aromatic carbocycles. The number of aromatic amines is 1. The summed E-state index contributed by atoms with van der Waals surface area (Å²) in [6.07, 6.45) is 0.505. The summed E-state index contributed by atoms with van der Waals surface area (Å²) in [7, 11) is 1.52. The number of ether oxygens (including phenoxy) is 1. The van der Waals surface area contributed by atoms with Crippen LogP contribution in [0.4, 0.5) is 11.4 Å². The molecule has 1 aromatic heterocycles. The quantitative estimate of drug-likeness (QED) is 0.270. The molecule has 8 nitrogen and oxygen atoms in total. The van der Waals surface area contributed by atoms with Crippen molar-refractivity contribution in [3.8, 4) is 11.5 Å². The van der Waals surface area contributed by atoms with Crippen LogP contribution in [0.3, 0.4) is 0 Å². The summed E-state index contributed by atoms with van der Waals surface area (Å²) in [5, 5.41) is 33.9. The van der Waals surface area contributed by atoms with E-state index in [4.69, 9.17) is 10.1 Å². The van der Waals surface area contributed by atoms with E-state index in [0.29, 0.717) is 35.8 Å². The second kappa shape index (κ2) is 8.82. The number of aliphatic hydroxyl groups excluding tert-OH is 1. The smallest absolute Gasteiger partial charge is 0.145 e. The van der Waals surface area contributed by atoms with E-state index in [9.17, 15) is 10.2 Å². The van der Waals surface area contributed by atoms with Crippen molar-refractivity contribution in [2.45, 2.75) is 12.5 Å². The molecule has 1 aliphatic heterocycles. The first-order valence-electron chi connectivity index (χ1n) is 11.0. The maximum absolute atomic E-state index is 11.3. The minimum absolute atomic E-state index is 0.0139. The molecule has 34 heavy (non-hydrogen) atoms. The largest absolute Gasteiger partial charge is 0.509 e. The van der Waals surface area contributed by atoms with Crippen LogP contribution in [0.25, 0.3) is 16.6 Å². The number of phenols is 1. The average Bonchev–Trinajstić information content (AvgIpc) is 3.37. The summed E-state index contributed by atoms with van der Waals surface area (Å²) in [6.45, 7) is 0.561. The number of fused-ring (bicyclic) bond motifs is 1. The molecule has 0 bridgehead atoms. The van der Waals surface area contributed by atoms with Gasteiger partial charge >= 0.3 is 0 Å². The predicted molar refractivity (Wildman–Crippen MR) is 134 cm³/mol. The first-order chi connectivity index (χ1) is 16.5. The third-order valence-electron chi connectivity index (χ3n) is 5.90. The van der Waals surface area contributed by atoms with Gasteiger partial charge in [0.05, 0.1) is 35.4 Å². The summed E-state index contributed by atoms with van der Waals surface area (Å²) >= 11 is 0. The Bertz CT molecular complexity index is 1350. The molecule has 0 saturated heterocycles. The molecule has 1 unspecified atom stereocenters. The molecule has 0 spiro atoms. The number of benzene rings is 3. The fraction of sp³-hybridized carbons (Fsp3) is 0.154. The number of amidine groups is 1. The third kappa shape index (κ3) is 3.90. The van der Waals surface area contributed by atoms with E-state index < -0.39 is 6.04 Å². The van der Waals surface area contributed by atoms with Crippen LogP contribution >= 0.6 is 0 Å². The van der Waals surface area contributed by atoms with Gasteiger partial charge in [-0.1, -0.05) is 30.3 Å². The summed E-state index contributed by atoms with van der Waals surface area (Å²) in [5.74, 6) is 1.05. The van der Waals surface area contributed by atoms with Gasteiger partial charge in [0, 0.05) is 30.4 Å². The summed E-state index contributed by atoms with van der Waals surface area (Å²) in [4.78, 5) is 9.53. The number of nitrogens with zero attached hydrogens (tertiary/aromatic N) is 2. The number of H-pyrrole nitrogens is 1. The lowest BCUT2D eigenvalue weighted by Gasteiger charge is -2.28. The number of anilines is 2. The van der Waals surface area contributed by atoms with Gasteiger partial charge in [-0.2, -0.15) is 0 Å². The number of imidazole rings is 1. The van der Waals surface area contributed by atoms with Crippen molar-refractivity contribution >= 4 is 33.8 Å². The van der Waals surface area contributed by atoms with Crippen molar-refractivity contribution in [1.29, 1.82) is 5.41 Å². The molecule has 1 aliphatic rings. The number of rotatable bonds is 7. The second-order valence-electron chi connectivity index (χ2n) is 8.07. The lowest BCUT2D eigenvalue weighted by molar-refractivity contribution is 0.371. The molecule has 5 N–H and O–H groups in total. The van der Waals surface area contributed by atoms with Crippen molar-refractivity contribution in [3.63, 3.8) is 0 Å². The number of aromatic hydroxyl groups is 1. The summed E-state index contributed by atoms with van der Waals surface area (Å²) in [5.41, 5.74) is 3.44. The van der Waals surface area contributed by atoms with Crippen LogP contribution in [0, 0.1) is 5.41 Å².